The molecule has 0 radical (unpaired) electrons. The van der Waals surface area contributed by atoms with Crippen LogP contribution in [0.2, 0.25) is 0 Å². The first-order chi connectivity index (χ1) is 14.9. The Morgan fingerprint density at radius 1 is 0.774 bits per heavy atom. The molecule has 31 heavy (non-hydrogen) atoms. The van der Waals surface area contributed by atoms with Gasteiger partial charge < -0.3 is 20.1 Å². The maximum atomic E-state index is 12.4. The second-order valence-corrected chi connectivity index (χ2v) is 6.66. The van der Waals surface area contributed by atoms with E-state index in [1.165, 1.54) is 12.1 Å². The van der Waals surface area contributed by atoms with Gasteiger partial charge in [-0.15, -0.1) is 0 Å². The maximum Gasteiger partial charge on any atom is 0.513 e. The molecule has 0 bridgehead atoms. The molecule has 0 aliphatic rings. The lowest BCUT2D eigenvalue weighted by molar-refractivity contribution is 0.101. The predicted octanol–water partition coefficient (Wildman–Crippen LogP) is 5.03. The van der Waals surface area contributed by atoms with Gasteiger partial charge in [0.15, 0.2) is 0 Å². The van der Waals surface area contributed by atoms with Crippen molar-refractivity contribution in [2.45, 2.75) is 13.8 Å². The lowest BCUT2D eigenvalue weighted by Crippen LogP contribution is -2.13. The minimum Gasteiger partial charge on any atom is -0.434 e. The van der Waals surface area contributed by atoms with Crippen molar-refractivity contribution in [1.29, 1.82) is 0 Å². The van der Waals surface area contributed by atoms with Crippen molar-refractivity contribution in [2.24, 2.45) is 0 Å². The molecule has 3 aromatic carbocycles. The summed E-state index contributed by atoms with van der Waals surface area (Å²) >= 11 is 0. The molecule has 0 heterocycles. The van der Waals surface area contributed by atoms with Crippen molar-refractivity contribution in [3.05, 3.63) is 89.5 Å². The average Bonchev–Trinajstić information content (AvgIpc) is 2.75. The van der Waals surface area contributed by atoms with Crippen LogP contribution in [0.5, 0.6) is 5.75 Å². The monoisotopic (exact) mass is 418 g/mol. The second-order valence-electron chi connectivity index (χ2n) is 6.66. The minimum atomic E-state index is -0.797. The van der Waals surface area contributed by atoms with Gasteiger partial charge in [0.1, 0.15) is 5.75 Å². The van der Waals surface area contributed by atoms with E-state index in [4.69, 9.17) is 9.47 Å². The zero-order chi connectivity index (χ0) is 22.2. The van der Waals surface area contributed by atoms with E-state index in [0.29, 0.717) is 22.5 Å². The zero-order valence-corrected chi connectivity index (χ0v) is 17.2. The fourth-order valence-electron chi connectivity index (χ4n) is 2.75. The van der Waals surface area contributed by atoms with Crippen LogP contribution in [-0.4, -0.2) is 24.6 Å². The smallest absolute Gasteiger partial charge is 0.434 e. The normalized spacial score (nSPS) is 10.1. The van der Waals surface area contributed by atoms with E-state index >= 15 is 0 Å². The van der Waals surface area contributed by atoms with Crippen LogP contribution in [-0.2, 0) is 4.74 Å². The molecule has 3 rings (SSSR count). The van der Waals surface area contributed by atoms with E-state index < -0.39 is 6.16 Å². The number of carbonyl (C=O) groups excluding carboxylic acids is 3. The lowest BCUT2D eigenvalue weighted by atomic mass is 10.1. The fourth-order valence-corrected chi connectivity index (χ4v) is 2.75. The third kappa shape index (κ3) is 6.17. The second kappa shape index (κ2) is 10.1. The average molecular weight is 418 g/mol. The first-order valence-electron chi connectivity index (χ1n) is 9.68. The van der Waals surface area contributed by atoms with E-state index in [1.54, 1.807) is 49.4 Å². The van der Waals surface area contributed by atoms with Crippen LogP contribution in [0.4, 0.5) is 16.2 Å². The number of aryl methyl sites for hydroxylation is 1. The quantitative estimate of drug-likeness (QED) is 0.432. The number of hydrogen-bond donors (Lipinski definition) is 2. The van der Waals surface area contributed by atoms with Gasteiger partial charge in [-0.1, -0.05) is 17.7 Å². The van der Waals surface area contributed by atoms with Crippen LogP contribution in [0.1, 0.15) is 33.2 Å². The summed E-state index contributed by atoms with van der Waals surface area (Å²) in [5, 5.41) is 5.60. The van der Waals surface area contributed by atoms with Crippen LogP contribution in [0.25, 0.3) is 0 Å². The molecule has 0 aliphatic carbocycles. The summed E-state index contributed by atoms with van der Waals surface area (Å²) in [7, 11) is 0. The van der Waals surface area contributed by atoms with E-state index in [0.717, 1.165) is 5.56 Å². The van der Waals surface area contributed by atoms with Gasteiger partial charge in [-0.3, -0.25) is 9.59 Å². The van der Waals surface area contributed by atoms with Gasteiger partial charge in [0.25, 0.3) is 11.8 Å². The minimum absolute atomic E-state index is 0.203. The highest BCUT2D eigenvalue weighted by atomic mass is 16.7. The SMILES string of the molecule is CCOC(=O)Oc1ccc(C(=O)Nc2ccc(NC(=O)c3cccc(C)c3)cc2)cc1. The molecule has 2 amide bonds. The molecule has 0 saturated carbocycles. The van der Waals surface area contributed by atoms with Gasteiger partial charge in [-0.05, 0) is 74.5 Å². The number of hydrogen-bond acceptors (Lipinski definition) is 5. The molecule has 0 unspecified atom stereocenters. The summed E-state index contributed by atoms with van der Waals surface area (Å²) in [6.07, 6.45) is -0.797. The van der Waals surface area contributed by atoms with Crippen LogP contribution < -0.4 is 15.4 Å². The van der Waals surface area contributed by atoms with E-state index in [1.807, 2.05) is 25.1 Å². The van der Waals surface area contributed by atoms with Crippen LogP contribution in [0.15, 0.2) is 72.8 Å². The molecular weight excluding hydrogens is 396 g/mol. The molecule has 158 valence electrons. The molecule has 7 nitrogen and oxygen atoms in total. The van der Waals surface area contributed by atoms with Crippen molar-refractivity contribution < 1.29 is 23.9 Å². The largest absolute Gasteiger partial charge is 0.513 e. The number of amides is 2. The number of nitrogens with one attached hydrogen (secondary N) is 2. The molecule has 0 saturated heterocycles. The van der Waals surface area contributed by atoms with E-state index in [2.05, 4.69) is 10.6 Å². The molecule has 0 aromatic heterocycles. The third-order valence-electron chi connectivity index (χ3n) is 4.26. The van der Waals surface area contributed by atoms with Crippen LogP contribution >= 0.6 is 0 Å². The Hall–Kier alpha value is -4.13. The van der Waals surface area contributed by atoms with Crippen LogP contribution in [0.3, 0.4) is 0 Å². The zero-order valence-electron chi connectivity index (χ0n) is 17.2. The molecule has 7 heteroatoms. The summed E-state index contributed by atoms with van der Waals surface area (Å²) in [6.45, 7) is 3.82. The standard InChI is InChI=1S/C24H22N2O5/c1-3-30-24(29)31-21-13-7-17(8-14-21)22(27)25-19-9-11-20(12-10-19)26-23(28)18-6-4-5-16(2)15-18/h4-15H,3H2,1-2H3,(H,25,27)(H,26,28). The highest BCUT2D eigenvalue weighted by molar-refractivity contribution is 6.05. The fraction of sp³-hybridized carbons (Fsp3) is 0.125. The Bertz CT molecular complexity index is 1080. The number of carbonyl (C=O) groups is 3. The molecule has 3 aromatic rings. The Kier molecular flexibility index (Phi) is 7.01. The number of anilines is 2. The summed E-state index contributed by atoms with van der Waals surface area (Å²) in [4.78, 5) is 36.1. The van der Waals surface area contributed by atoms with Crippen molar-refractivity contribution in [3.8, 4) is 5.75 Å². The molecule has 0 aliphatic heterocycles. The first kappa shape index (κ1) is 21.6. The molecular formula is C24H22N2O5. The highest BCUT2D eigenvalue weighted by Gasteiger charge is 2.10. The predicted molar refractivity (Wildman–Crippen MR) is 118 cm³/mol. The maximum absolute atomic E-state index is 12.4. The topological polar surface area (TPSA) is 93.7 Å². The Morgan fingerprint density at radius 3 is 1.90 bits per heavy atom. The van der Waals surface area contributed by atoms with Gasteiger partial charge >= 0.3 is 6.16 Å². The van der Waals surface area contributed by atoms with Gasteiger partial charge in [0.2, 0.25) is 0 Å². The van der Waals surface area contributed by atoms with Gasteiger partial charge in [0, 0.05) is 22.5 Å². The molecule has 0 fully saturated rings. The number of benzene rings is 3. The summed E-state index contributed by atoms with van der Waals surface area (Å²) in [6, 6.07) is 20.2. The lowest BCUT2D eigenvalue weighted by Gasteiger charge is -2.09. The molecule has 0 spiro atoms. The highest BCUT2D eigenvalue weighted by Crippen LogP contribution is 2.18. The van der Waals surface area contributed by atoms with Crippen LogP contribution in [0, 0.1) is 6.92 Å². The number of rotatable bonds is 6. The summed E-state index contributed by atoms with van der Waals surface area (Å²) < 4.78 is 9.66. The van der Waals surface area contributed by atoms with E-state index in [-0.39, 0.29) is 24.2 Å². The first-order valence-corrected chi connectivity index (χ1v) is 9.68. The summed E-state index contributed by atoms with van der Waals surface area (Å²) in [5.74, 6) is -0.242. The van der Waals surface area contributed by atoms with Crippen molar-refractivity contribution in [2.75, 3.05) is 17.2 Å². The van der Waals surface area contributed by atoms with Gasteiger partial charge in [0.05, 0.1) is 6.61 Å². The summed E-state index contributed by atoms with van der Waals surface area (Å²) in [5.41, 5.74) is 3.17. The van der Waals surface area contributed by atoms with Crippen molar-refractivity contribution in [3.63, 3.8) is 0 Å². The Balaban J connectivity index is 1.57. The Morgan fingerprint density at radius 2 is 1.35 bits per heavy atom. The number of ether oxygens (including phenoxy) is 2. The molecule has 2 N–H and O–H groups in total. The van der Waals surface area contributed by atoms with Crippen molar-refractivity contribution in [1.82, 2.24) is 0 Å². The third-order valence-corrected chi connectivity index (χ3v) is 4.26. The van der Waals surface area contributed by atoms with Gasteiger partial charge in [-0.25, -0.2) is 4.79 Å². The molecule has 0 atom stereocenters. The van der Waals surface area contributed by atoms with Crippen molar-refractivity contribution >= 4 is 29.3 Å². The van der Waals surface area contributed by atoms with E-state index in [9.17, 15) is 14.4 Å². The van der Waals surface area contributed by atoms with Gasteiger partial charge in [-0.2, -0.15) is 0 Å². The Labute approximate surface area is 180 Å².